The molecule has 0 heterocycles. The zero-order chi connectivity index (χ0) is 5.86. The predicted octanol–water partition coefficient (Wildman–Crippen LogP) is 2.21. The third-order valence-corrected chi connectivity index (χ3v) is 2.13. The Morgan fingerprint density at radius 3 is 2.14 bits per heavy atom. The molecule has 0 aromatic rings. The standard InChI is InChI=1S/C4H7BrOS/c1-3(2)4(6)7-5/h3H,1-2H3. The van der Waals surface area contributed by atoms with E-state index in [1.54, 1.807) is 0 Å². The molecule has 0 radical (unpaired) electrons. The van der Waals surface area contributed by atoms with E-state index in [1.807, 2.05) is 13.8 Å². The highest BCUT2D eigenvalue weighted by Crippen LogP contribution is 2.16. The maximum Gasteiger partial charge on any atom is 0.202 e. The van der Waals surface area contributed by atoms with Crippen molar-refractivity contribution in [1.82, 2.24) is 0 Å². The number of hydrogen-bond acceptors (Lipinski definition) is 2. The molecule has 0 aliphatic rings. The number of carbonyl (C=O) groups is 1. The molecule has 0 saturated carbocycles. The van der Waals surface area contributed by atoms with Crippen molar-refractivity contribution >= 4 is 30.1 Å². The summed E-state index contributed by atoms with van der Waals surface area (Å²) in [5.41, 5.74) is 0. The van der Waals surface area contributed by atoms with Crippen LogP contribution >= 0.6 is 25.0 Å². The van der Waals surface area contributed by atoms with Gasteiger partial charge < -0.3 is 0 Å². The molecule has 3 heteroatoms. The molecule has 0 bridgehead atoms. The molecule has 0 aromatic carbocycles. The lowest BCUT2D eigenvalue weighted by Gasteiger charge is -1.93. The van der Waals surface area contributed by atoms with Crippen LogP contribution in [-0.2, 0) is 4.79 Å². The van der Waals surface area contributed by atoms with E-state index in [1.165, 1.54) is 0 Å². The second-order valence-electron chi connectivity index (χ2n) is 1.55. The van der Waals surface area contributed by atoms with Crippen LogP contribution in [0.1, 0.15) is 13.8 Å². The van der Waals surface area contributed by atoms with E-state index in [0.717, 1.165) is 10.2 Å². The van der Waals surface area contributed by atoms with Crippen LogP contribution in [0.4, 0.5) is 0 Å². The maximum absolute atomic E-state index is 10.4. The van der Waals surface area contributed by atoms with Gasteiger partial charge in [-0.1, -0.05) is 13.8 Å². The number of carbonyl (C=O) groups excluding carboxylic acids is 1. The molecule has 0 atom stereocenters. The van der Waals surface area contributed by atoms with E-state index >= 15 is 0 Å². The summed E-state index contributed by atoms with van der Waals surface area (Å²) in [6, 6.07) is 0. The first kappa shape index (κ1) is 7.50. The van der Waals surface area contributed by atoms with E-state index in [4.69, 9.17) is 0 Å². The summed E-state index contributed by atoms with van der Waals surface area (Å²) in [6.07, 6.45) is 0. The molecule has 0 spiro atoms. The molecule has 0 fully saturated rings. The Hall–Kier alpha value is 0.500. The number of hydrogen-bond donors (Lipinski definition) is 0. The molecule has 0 aromatic heterocycles. The lowest BCUT2D eigenvalue weighted by molar-refractivity contribution is -0.113. The average molecular weight is 183 g/mol. The molecule has 0 amide bonds. The molecule has 0 rings (SSSR count). The molecule has 0 saturated heterocycles. The van der Waals surface area contributed by atoms with E-state index in [-0.39, 0.29) is 11.0 Å². The van der Waals surface area contributed by atoms with Gasteiger partial charge in [-0.3, -0.25) is 4.79 Å². The van der Waals surface area contributed by atoms with Crippen molar-refractivity contribution in [3.63, 3.8) is 0 Å². The summed E-state index contributed by atoms with van der Waals surface area (Å²) in [4.78, 5) is 10.4. The molecule has 0 unspecified atom stereocenters. The van der Waals surface area contributed by atoms with Gasteiger partial charge in [0.15, 0.2) is 0 Å². The minimum absolute atomic E-state index is 0.143. The lowest BCUT2D eigenvalue weighted by atomic mass is 10.3. The second-order valence-corrected chi connectivity index (χ2v) is 3.08. The maximum atomic E-state index is 10.4. The minimum Gasteiger partial charge on any atom is -0.286 e. The van der Waals surface area contributed by atoms with Crippen LogP contribution in [0.5, 0.6) is 0 Å². The van der Waals surface area contributed by atoms with Gasteiger partial charge in [0.2, 0.25) is 5.12 Å². The number of rotatable bonds is 1. The Bertz CT molecular complexity index is 72.1. The summed E-state index contributed by atoms with van der Waals surface area (Å²) in [5, 5.41) is 0.181. The predicted molar refractivity (Wildman–Crippen MR) is 36.4 cm³/mol. The van der Waals surface area contributed by atoms with Crippen molar-refractivity contribution in [2.75, 3.05) is 0 Å². The van der Waals surface area contributed by atoms with Crippen LogP contribution in [0, 0.1) is 5.92 Å². The highest BCUT2D eigenvalue weighted by Gasteiger charge is 2.03. The van der Waals surface area contributed by atoms with Crippen LogP contribution in [0.3, 0.4) is 0 Å². The van der Waals surface area contributed by atoms with Gasteiger partial charge in [0.25, 0.3) is 0 Å². The molecule has 0 N–H and O–H groups in total. The zero-order valence-corrected chi connectivity index (χ0v) is 6.67. The number of halogens is 1. The molecular weight excluding hydrogens is 176 g/mol. The largest absolute Gasteiger partial charge is 0.286 e. The van der Waals surface area contributed by atoms with Gasteiger partial charge in [-0.15, -0.1) is 0 Å². The Labute approximate surface area is 55.1 Å². The minimum atomic E-state index is 0.143. The fourth-order valence-corrected chi connectivity index (χ4v) is 1.39. The molecule has 0 aliphatic carbocycles. The summed E-state index contributed by atoms with van der Waals surface area (Å²) in [6.45, 7) is 3.74. The Morgan fingerprint density at radius 1 is 1.71 bits per heavy atom. The first-order chi connectivity index (χ1) is 3.18. The third kappa shape index (κ3) is 3.12. The van der Waals surface area contributed by atoms with Crippen molar-refractivity contribution in [1.29, 1.82) is 0 Å². The summed E-state index contributed by atoms with van der Waals surface area (Å²) in [5.74, 6) is 0.143. The fraction of sp³-hybridized carbons (Fsp3) is 0.750. The van der Waals surface area contributed by atoms with Gasteiger partial charge in [0.05, 0.1) is 0 Å². The van der Waals surface area contributed by atoms with E-state index in [0.29, 0.717) is 0 Å². The van der Waals surface area contributed by atoms with E-state index < -0.39 is 0 Å². The molecular formula is C4H7BrOS. The van der Waals surface area contributed by atoms with Gasteiger partial charge >= 0.3 is 0 Å². The fourth-order valence-electron chi connectivity index (χ4n) is 0.0891. The molecule has 1 nitrogen and oxygen atoms in total. The van der Waals surface area contributed by atoms with Crippen LogP contribution in [0.2, 0.25) is 0 Å². The average Bonchev–Trinajstić information content (AvgIpc) is 1.65. The van der Waals surface area contributed by atoms with Crippen LogP contribution in [-0.4, -0.2) is 5.12 Å². The first-order valence-corrected chi connectivity index (χ1v) is 4.67. The van der Waals surface area contributed by atoms with Gasteiger partial charge in [-0.05, 0) is 25.0 Å². The van der Waals surface area contributed by atoms with Gasteiger partial charge in [0, 0.05) is 5.92 Å². The zero-order valence-electron chi connectivity index (χ0n) is 4.27. The molecule has 42 valence electrons. The van der Waals surface area contributed by atoms with Gasteiger partial charge in [-0.2, -0.15) is 0 Å². The SMILES string of the molecule is CC(C)C(=O)SBr. The van der Waals surface area contributed by atoms with Gasteiger partial charge in [-0.25, -0.2) is 0 Å². The molecule has 0 aliphatic heterocycles. The highest BCUT2D eigenvalue weighted by molar-refractivity contribution is 9.52. The lowest BCUT2D eigenvalue weighted by Crippen LogP contribution is -1.97. The summed E-state index contributed by atoms with van der Waals surface area (Å²) in [7, 11) is 1.11. The Balaban J connectivity index is 3.35. The normalized spacial score (nSPS) is 9.71. The second kappa shape index (κ2) is 3.50. The van der Waals surface area contributed by atoms with E-state index in [9.17, 15) is 4.79 Å². The first-order valence-electron chi connectivity index (χ1n) is 2.01. The monoisotopic (exact) mass is 182 g/mol. The Kier molecular flexibility index (Phi) is 3.75. The third-order valence-electron chi connectivity index (χ3n) is 0.547. The van der Waals surface area contributed by atoms with Crippen molar-refractivity contribution in [3.8, 4) is 0 Å². The Morgan fingerprint density at radius 2 is 2.14 bits per heavy atom. The topological polar surface area (TPSA) is 17.1 Å². The summed E-state index contributed by atoms with van der Waals surface area (Å²) < 4.78 is 0. The van der Waals surface area contributed by atoms with Crippen molar-refractivity contribution in [2.24, 2.45) is 5.92 Å². The molecule has 7 heavy (non-hydrogen) atoms. The quantitative estimate of drug-likeness (QED) is 0.619. The van der Waals surface area contributed by atoms with Crippen molar-refractivity contribution < 1.29 is 4.79 Å². The van der Waals surface area contributed by atoms with Gasteiger partial charge in [0.1, 0.15) is 0 Å². The van der Waals surface area contributed by atoms with E-state index in [2.05, 4.69) is 14.8 Å². The highest BCUT2D eigenvalue weighted by atomic mass is 79.9. The van der Waals surface area contributed by atoms with Crippen molar-refractivity contribution in [3.05, 3.63) is 0 Å². The summed E-state index contributed by atoms with van der Waals surface area (Å²) >= 11 is 2.98. The van der Waals surface area contributed by atoms with Crippen LogP contribution in [0.15, 0.2) is 0 Å². The van der Waals surface area contributed by atoms with Crippen molar-refractivity contribution in [2.45, 2.75) is 13.8 Å². The van der Waals surface area contributed by atoms with Crippen LogP contribution < -0.4 is 0 Å². The van der Waals surface area contributed by atoms with Crippen LogP contribution in [0.25, 0.3) is 0 Å². The smallest absolute Gasteiger partial charge is 0.202 e.